The number of carbonyl (C=O) groups excluding carboxylic acids is 1. The highest BCUT2D eigenvalue weighted by atomic mass is 16.1. The molecule has 1 N–H and O–H groups in total. The van der Waals surface area contributed by atoms with E-state index >= 15 is 0 Å². The summed E-state index contributed by atoms with van der Waals surface area (Å²) < 4.78 is 1.80. The molecule has 3 rings (SSSR count). The van der Waals surface area contributed by atoms with Gasteiger partial charge < -0.3 is 10.2 Å². The van der Waals surface area contributed by atoms with Gasteiger partial charge in [0.05, 0.1) is 11.3 Å². The molecule has 0 aromatic carbocycles. The van der Waals surface area contributed by atoms with Gasteiger partial charge in [-0.3, -0.25) is 4.79 Å². The van der Waals surface area contributed by atoms with E-state index in [-0.39, 0.29) is 5.91 Å². The van der Waals surface area contributed by atoms with E-state index in [4.69, 9.17) is 0 Å². The predicted molar refractivity (Wildman–Crippen MR) is 101 cm³/mol. The van der Waals surface area contributed by atoms with Crippen LogP contribution >= 0.6 is 0 Å². The molecule has 3 heterocycles. The van der Waals surface area contributed by atoms with Gasteiger partial charge in [-0.25, -0.2) is 14.6 Å². The lowest BCUT2D eigenvalue weighted by atomic mass is 10.2. The predicted octanol–water partition coefficient (Wildman–Crippen LogP) is 2.28. The van der Waals surface area contributed by atoms with Crippen LogP contribution < -0.4 is 10.2 Å². The van der Waals surface area contributed by atoms with Crippen LogP contribution in [-0.4, -0.2) is 39.8 Å². The average Bonchev–Trinajstić information content (AvgIpc) is 2.98. The number of rotatable bonds is 5. The van der Waals surface area contributed by atoms with Crippen molar-refractivity contribution in [1.82, 2.24) is 25.1 Å². The number of aromatic nitrogens is 4. The molecular formula is C19H22N6O. The zero-order valence-corrected chi connectivity index (χ0v) is 15.4. The minimum atomic E-state index is -0.162. The number of carbonyl (C=O) groups is 1. The molecule has 0 aliphatic heterocycles. The van der Waals surface area contributed by atoms with E-state index in [1.54, 1.807) is 23.1 Å². The molecule has 3 aromatic heterocycles. The molecule has 134 valence electrons. The number of amides is 1. The van der Waals surface area contributed by atoms with Gasteiger partial charge in [0, 0.05) is 38.7 Å². The summed E-state index contributed by atoms with van der Waals surface area (Å²) in [6, 6.07) is 9.42. The molecule has 26 heavy (non-hydrogen) atoms. The number of hydrogen-bond acceptors (Lipinski definition) is 5. The van der Waals surface area contributed by atoms with Crippen LogP contribution in [0, 0.1) is 13.8 Å². The summed E-state index contributed by atoms with van der Waals surface area (Å²) in [5.41, 5.74) is 3.43. The largest absolute Gasteiger partial charge is 0.363 e. The molecular weight excluding hydrogens is 328 g/mol. The molecule has 7 nitrogen and oxygen atoms in total. The molecule has 0 aliphatic carbocycles. The monoisotopic (exact) mass is 350 g/mol. The van der Waals surface area contributed by atoms with Gasteiger partial charge in [-0.05, 0) is 43.7 Å². The Morgan fingerprint density at radius 3 is 2.46 bits per heavy atom. The van der Waals surface area contributed by atoms with Crippen molar-refractivity contribution in [1.29, 1.82) is 0 Å². The molecule has 0 spiro atoms. The molecule has 0 saturated heterocycles. The van der Waals surface area contributed by atoms with Crippen LogP contribution in [-0.2, 0) is 6.54 Å². The second kappa shape index (κ2) is 7.35. The Kier molecular flexibility index (Phi) is 4.97. The molecule has 0 saturated carbocycles. The van der Waals surface area contributed by atoms with Crippen LogP contribution in [0.3, 0.4) is 0 Å². The van der Waals surface area contributed by atoms with Gasteiger partial charge in [-0.2, -0.15) is 5.10 Å². The summed E-state index contributed by atoms with van der Waals surface area (Å²) in [6.45, 7) is 4.34. The normalized spacial score (nSPS) is 10.6. The quantitative estimate of drug-likeness (QED) is 0.764. The maximum absolute atomic E-state index is 12.2. The fourth-order valence-corrected chi connectivity index (χ4v) is 2.58. The summed E-state index contributed by atoms with van der Waals surface area (Å²) in [4.78, 5) is 22.8. The summed E-state index contributed by atoms with van der Waals surface area (Å²) >= 11 is 0. The molecule has 3 aromatic rings. The molecule has 0 bridgehead atoms. The van der Waals surface area contributed by atoms with Crippen molar-refractivity contribution in [2.45, 2.75) is 20.4 Å². The van der Waals surface area contributed by atoms with E-state index in [1.807, 2.05) is 57.1 Å². The Balaban J connectivity index is 1.62. The van der Waals surface area contributed by atoms with E-state index in [9.17, 15) is 4.79 Å². The van der Waals surface area contributed by atoms with Gasteiger partial charge in [-0.15, -0.1) is 0 Å². The average molecular weight is 350 g/mol. The number of hydrogen-bond donors (Lipinski definition) is 1. The minimum Gasteiger partial charge on any atom is -0.363 e. The first-order valence-corrected chi connectivity index (χ1v) is 8.34. The van der Waals surface area contributed by atoms with Crippen LogP contribution in [0.15, 0.2) is 42.7 Å². The number of pyridine rings is 2. The SMILES string of the molecule is Cc1cc(C)n(-c2ccc(CNC(=O)c3ccc(N(C)C)nc3)cn2)n1. The molecule has 0 unspecified atom stereocenters. The van der Waals surface area contributed by atoms with E-state index in [2.05, 4.69) is 20.4 Å². The molecule has 0 radical (unpaired) electrons. The van der Waals surface area contributed by atoms with E-state index in [0.717, 1.165) is 28.6 Å². The highest BCUT2D eigenvalue weighted by Gasteiger charge is 2.08. The fraction of sp³-hybridized carbons (Fsp3) is 0.263. The van der Waals surface area contributed by atoms with Crippen molar-refractivity contribution < 1.29 is 4.79 Å². The van der Waals surface area contributed by atoms with Crippen molar-refractivity contribution in [2.75, 3.05) is 19.0 Å². The fourth-order valence-electron chi connectivity index (χ4n) is 2.58. The molecule has 0 fully saturated rings. The van der Waals surface area contributed by atoms with Crippen LogP contribution in [0.4, 0.5) is 5.82 Å². The van der Waals surface area contributed by atoms with Crippen molar-refractivity contribution >= 4 is 11.7 Å². The Labute approximate surface area is 152 Å². The van der Waals surface area contributed by atoms with Gasteiger partial charge in [0.1, 0.15) is 5.82 Å². The third kappa shape index (κ3) is 3.88. The molecule has 0 atom stereocenters. The zero-order valence-electron chi connectivity index (χ0n) is 15.4. The van der Waals surface area contributed by atoms with Gasteiger partial charge in [0.25, 0.3) is 5.91 Å². The second-order valence-corrected chi connectivity index (χ2v) is 6.35. The van der Waals surface area contributed by atoms with Gasteiger partial charge in [-0.1, -0.05) is 6.07 Å². The van der Waals surface area contributed by atoms with E-state index in [0.29, 0.717) is 12.1 Å². The number of anilines is 1. The minimum absolute atomic E-state index is 0.162. The van der Waals surface area contributed by atoms with Crippen LogP contribution in [0.1, 0.15) is 27.3 Å². The standard InChI is InChI=1S/C19H22N6O/c1-13-9-14(2)25(23-13)18-7-5-15(10-20-18)11-22-19(26)16-6-8-17(21-12-16)24(3)4/h5-10,12H,11H2,1-4H3,(H,22,26). The Morgan fingerprint density at radius 2 is 1.92 bits per heavy atom. The lowest BCUT2D eigenvalue weighted by molar-refractivity contribution is 0.0950. The third-order valence-corrected chi connectivity index (χ3v) is 3.96. The number of aryl methyl sites for hydroxylation is 2. The lowest BCUT2D eigenvalue weighted by Crippen LogP contribution is -2.23. The summed E-state index contributed by atoms with van der Waals surface area (Å²) in [5.74, 6) is 1.41. The highest BCUT2D eigenvalue weighted by molar-refractivity contribution is 5.94. The van der Waals surface area contributed by atoms with E-state index < -0.39 is 0 Å². The van der Waals surface area contributed by atoms with Crippen molar-refractivity contribution in [2.24, 2.45) is 0 Å². The second-order valence-electron chi connectivity index (χ2n) is 6.35. The first-order valence-electron chi connectivity index (χ1n) is 8.34. The zero-order chi connectivity index (χ0) is 18.7. The smallest absolute Gasteiger partial charge is 0.253 e. The molecule has 7 heteroatoms. The molecule has 1 amide bonds. The topological polar surface area (TPSA) is 75.9 Å². The summed E-state index contributed by atoms with van der Waals surface area (Å²) in [5, 5.41) is 7.30. The van der Waals surface area contributed by atoms with Crippen molar-refractivity contribution in [3.63, 3.8) is 0 Å². The molecule has 0 aliphatic rings. The first kappa shape index (κ1) is 17.6. The number of nitrogens with one attached hydrogen (secondary N) is 1. The van der Waals surface area contributed by atoms with Crippen LogP contribution in [0.5, 0.6) is 0 Å². The maximum atomic E-state index is 12.2. The lowest BCUT2D eigenvalue weighted by Gasteiger charge is -2.11. The van der Waals surface area contributed by atoms with Crippen LogP contribution in [0.2, 0.25) is 0 Å². The van der Waals surface area contributed by atoms with Crippen molar-refractivity contribution in [3.8, 4) is 5.82 Å². The van der Waals surface area contributed by atoms with E-state index in [1.165, 1.54) is 0 Å². The Bertz CT molecular complexity index is 897. The number of nitrogens with zero attached hydrogens (tertiary/aromatic N) is 5. The van der Waals surface area contributed by atoms with Crippen LogP contribution in [0.25, 0.3) is 5.82 Å². The Morgan fingerprint density at radius 1 is 1.12 bits per heavy atom. The van der Waals surface area contributed by atoms with Gasteiger partial charge in [0.15, 0.2) is 5.82 Å². The maximum Gasteiger partial charge on any atom is 0.253 e. The first-order chi connectivity index (χ1) is 12.4. The van der Waals surface area contributed by atoms with Gasteiger partial charge in [0.2, 0.25) is 0 Å². The summed E-state index contributed by atoms with van der Waals surface area (Å²) in [6.07, 6.45) is 3.33. The third-order valence-electron chi connectivity index (χ3n) is 3.96. The summed E-state index contributed by atoms with van der Waals surface area (Å²) in [7, 11) is 3.82. The highest BCUT2D eigenvalue weighted by Crippen LogP contribution is 2.11. The van der Waals surface area contributed by atoms with Gasteiger partial charge >= 0.3 is 0 Å². The van der Waals surface area contributed by atoms with Crippen molar-refractivity contribution in [3.05, 3.63) is 65.2 Å². The Hall–Kier alpha value is -3.22.